The lowest BCUT2D eigenvalue weighted by atomic mass is 10.2. The molecule has 9 heteroatoms. The highest BCUT2D eigenvalue weighted by Crippen LogP contribution is 2.44. The Morgan fingerprint density at radius 3 is 2.76 bits per heavy atom. The predicted octanol–water partition coefficient (Wildman–Crippen LogP) is 3.84. The van der Waals surface area contributed by atoms with E-state index in [1.807, 2.05) is 0 Å². The average molecular weight is 380 g/mol. The first-order valence-electron chi connectivity index (χ1n) is 7.70. The van der Waals surface area contributed by atoms with Crippen molar-refractivity contribution in [3.05, 3.63) is 41.2 Å². The number of pyridine rings is 1. The van der Waals surface area contributed by atoms with Crippen LogP contribution in [0.2, 0.25) is 5.28 Å². The van der Waals surface area contributed by atoms with Crippen LogP contribution in [0.5, 0.6) is 0 Å². The Hall–Kier alpha value is -2.06. The number of hydrogen-bond acceptors (Lipinski definition) is 5. The maximum Gasteiger partial charge on any atom is 0.224 e. The Balaban J connectivity index is 2.01. The van der Waals surface area contributed by atoms with Gasteiger partial charge < -0.3 is 0 Å². The van der Waals surface area contributed by atoms with E-state index < -0.39 is 9.73 Å². The lowest BCUT2D eigenvalue weighted by Gasteiger charge is -2.09. The van der Waals surface area contributed by atoms with Crippen LogP contribution in [0, 0.1) is 5.82 Å². The molecular formula is C16H15ClFN5OS. The molecule has 0 bridgehead atoms. The molecule has 0 atom stereocenters. The van der Waals surface area contributed by atoms with E-state index in [1.165, 1.54) is 18.7 Å². The predicted molar refractivity (Wildman–Crippen MR) is 95.7 cm³/mol. The number of rotatable bonds is 3. The molecule has 0 spiro atoms. The van der Waals surface area contributed by atoms with Gasteiger partial charge in [0.1, 0.15) is 5.82 Å². The summed E-state index contributed by atoms with van der Waals surface area (Å²) in [6.45, 7) is 0. The summed E-state index contributed by atoms with van der Waals surface area (Å²) in [5, 5.41) is 0.352. The number of nitrogens with zero attached hydrogens (tertiary/aromatic N) is 5. The molecule has 25 heavy (non-hydrogen) atoms. The molecule has 130 valence electrons. The van der Waals surface area contributed by atoms with Gasteiger partial charge in [-0.2, -0.15) is 9.35 Å². The highest BCUT2D eigenvalue weighted by atomic mass is 35.5. The third kappa shape index (κ3) is 3.11. The zero-order chi connectivity index (χ0) is 17.8. The maximum atomic E-state index is 14.9. The van der Waals surface area contributed by atoms with E-state index in [-0.39, 0.29) is 17.0 Å². The van der Waals surface area contributed by atoms with E-state index in [4.69, 9.17) is 11.6 Å². The van der Waals surface area contributed by atoms with Crippen LogP contribution in [0.25, 0.3) is 16.9 Å². The van der Waals surface area contributed by atoms with Crippen molar-refractivity contribution in [3.63, 3.8) is 0 Å². The SMILES string of the molecule is CS(C)(=O)=Nc1cccc(-n2c(C3CC3)c(F)c3cnc(Cl)nc32)n1. The standard InChI is InChI=1S/C16H15ClFN5OS/c1-25(2,24)22-11-4-3-5-12(20-11)23-14(9-6-7-9)13(18)10-8-19-16(17)21-15(10)23/h3-5,8-9H,6-7H2,1-2H3. The van der Waals surface area contributed by atoms with Gasteiger partial charge in [0, 0.05) is 34.4 Å². The lowest BCUT2D eigenvalue weighted by molar-refractivity contribution is 0.613. The van der Waals surface area contributed by atoms with Gasteiger partial charge in [-0.05, 0) is 36.6 Å². The van der Waals surface area contributed by atoms with Crippen LogP contribution in [-0.4, -0.2) is 36.2 Å². The van der Waals surface area contributed by atoms with Crippen molar-refractivity contribution in [1.29, 1.82) is 0 Å². The first kappa shape index (κ1) is 16.4. The molecule has 0 radical (unpaired) electrons. The minimum Gasteiger partial charge on any atom is -0.279 e. The lowest BCUT2D eigenvalue weighted by Crippen LogP contribution is -2.04. The highest BCUT2D eigenvalue weighted by molar-refractivity contribution is 7.92. The van der Waals surface area contributed by atoms with Crippen LogP contribution in [0.3, 0.4) is 0 Å². The first-order valence-corrected chi connectivity index (χ1v) is 10.4. The summed E-state index contributed by atoms with van der Waals surface area (Å²) in [5.41, 5.74) is 0.905. The fraction of sp³-hybridized carbons (Fsp3) is 0.312. The Morgan fingerprint density at radius 1 is 1.32 bits per heavy atom. The third-order valence-corrected chi connectivity index (χ3v) is 4.69. The molecular weight excluding hydrogens is 365 g/mol. The number of hydrogen-bond donors (Lipinski definition) is 0. The van der Waals surface area contributed by atoms with Crippen molar-refractivity contribution in [3.8, 4) is 5.82 Å². The molecule has 1 saturated carbocycles. The topological polar surface area (TPSA) is 73.0 Å². The molecule has 0 unspecified atom stereocenters. The van der Waals surface area contributed by atoms with E-state index >= 15 is 0 Å². The second kappa shape index (κ2) is 5.74. The van der Waals surface area contributed by atoms with Crippen LogP contribution in [0.1, 0.15) is 24.5 Å². The van der Waals surface area contributed by atoms with E-state index in [2.05, 4.69) is 19.3 Å². The zero-order valence-electron chi connectivity index (χ0n) is 13.6. The van der Waals surface area contributed by atoms with E-state index in [0.29, 0.717) is 28.4 Å². The Kier molecular flexibility index (Phi) is 3.77. The Bertz CT molecular complexity index is 1110. The molecule has 0 amide bonds. The van der Waals surface area contributed by atoms with Gasteiger partial charge in [0.05, 0.1) is 11.1 Å². The van der Waals surface area contributed by atoms with Gasteiger partial charge >= 0.3 is 0 Å². The first-order chi connectivity index (χ1) is 11.8. The smallest absolute Gasteiger partial charge is 0.224 e. The normalized spacial score (nSPS) is 14.9. The summed E-state index contributed by atoms with van der Waals surface area (Å²) < 4.78 is 32.7. The summed E-state index contributed by atoms with van der Waals surface area (Å²) in [4.78, 5) is 12.5. The van der Waals surface area contributed by atoms with Crippen molar-refractivity contribution in [1.82, 2.24) is 19.5 Å². The summed E-state index contributed by atoms with van der Waals surface area (Å²) in [6.07, 6.45) is 6.29. The van der Waals surface area contributed by atoms with Crippen molar-refractivity contribution < 1.29 is 8.60 Å². The fourth-order valence-corrected chi connectivity index (χ4v) is 3.47. The third-order valence-electron chi connectivity index (χ3n) is 3.88. The van der Waals surface area contributed by atoms with Crippen LogP contribution in [-0.2, 0) is 9.73 Å². The quantitative estimate of drug-likeness (QED) is 0.648. The maximum absolute atomic E-state index is 14.9. The zero-order valence-corrected chi connectivity index (χ0v) is 15.2. The summed E-state index contributed by atoms with van der Waals surface area (Å²) >= 11 is 5.92. The molecule has 3 heterocycles. The number of halogens is 2. The second-order valence-corrected chi connectivity index (χ2v) is 9.19. The molecule has 4 rings (SSSR count). The van der Waals surface area contributed by atoms with Gasteiger partial charge in [-0.3, -0.25) is 4.57 Å². The minimum atomic E-state index is -2.35. The molecule has 0 aromatic carbocycles. The molecule has 1 aliphatic rings. The monoisotopic (exact) mass is 379 g/mol. The number of aromatic nitrogens is 4. The summed E-state index contributed by atoms with van der Waals surface area (Å²) in [5.74, 6) is 0.581. The fourth-order valence-electron chi connectivity index (χ4n) is 2.79. The highest BCUT2D eigenvalue weighted by Gasteiger charge is 2.34. The second-order valence-electron chi connectivity index (χ2n) is 6.31. The summed E-state index contributed by atoms with van der Waals surface area (Å²) in [7, 11) is -2.35. The van der Waals surface area contributed by atoms with E-state index in [9.17, 15) is 8.60 Å². The summed E-state index contributed by atoms with van der Waals surface area (Å²) in [6, 6.07) is 5.15. The van der Waals surface area contributed by atoms with Crippen LogP contribution < -0.4 is 0 Å². The molecule has 0 aliphatic heterocycles. The van der Waals surface area contributed by atoms with Crippen molar-refractivity contribution in [2.45, 2.75) is 18.8 Å². The largest absolute Gasteiger partial charge is 0.279 e. The van der Waals surface area contributed by atoms with Crippen LogP contribution in [0.4, 0.5) is 10.2 Å². The van der Waals surface area contributed by atoms with Crippen molar-refractivity contribution in [2.24, 2.45) is 4.36 Å². The average Bonchev–Trinajstić information content (AvgIpc) is 3.31. The molecule has 0 N–H and O–H groups in total. The molecule has 3 aromatic rings. The van der Waals surface area contributed by atoms with Gasteiger partial charge in [-0.25, -0.2) is 18.6 Å². The molecule has 0 saturated heterocycles. The van der Waals surface area contributed by atoms with Gasteiger partial charge in [0.25, 0.3) is 0 Å². The van der Waals surface area contributed by atoms with E-state index in [0.717, 1.165) is 12.8 Å². The van der Waals surface area contributed by atoms with Gasteiger partial charge in [-0.15, -0.1) is 0 Å². The Morgan fingerprint density at radius 2 is 2.08 bits per heavy atom. The number of fused-ring (bicyclic) bond motifs is 1. The molecule has 3 aromatic heterocycles. The molecule has 1 aliphatic carbocycles. The van der Waals surface area contributed by atoms with Gasteiger partial charge in [-0.1, -0.05) is 6.07 Å². The van der Waals surface area contributed by atoms with Gasteiger partial charge in [0.2, 0.25) is 5.28 Å². The van der Waals surface area contributed by atoms with Crippen molar-refractivity contribution in [2.75, 3.05) is 12.5 Å². The van der Waals surface area contributed by atoms with Crippen LogP contribution >= 0.6 is 11.6 Å². The molecule has 6 nitrogen and oxygen atoms in total. The minimum absolute atomic E-state index is 0.0413. The van der Waals surface area contributed by atoms with E-state index in [1.54, 1.807) is 22.8 Å². The van der Waals surface area contributed by atoms with Crippen molar-refractivity contribution >= 4 is 38.2 Å². The molecule has 1 fully saturated rings. The Labute approximate surface area is 149 Å². The van der Waals surface area contributed by atoms with Gasteiger partial charge in [0.15, 0.2) is 17.3 Å². The van der Waals surface area contributed by atoms with Crippen LogP contribution in [0.15, 0.2) is 28.8 Å².